The number of carbonyl (C=O) groups is 1. The number of guanidine groups is 1. The van der Waals surface area contributed by atoms with Crippen LogP contribution in [0.3, 0.4) is 0 Å². The standard InChI is InChI=1S/C20H39N7O3/c1-8-10-16(24-19(28)30-20(3,4)5)13-22-18(21-11-9-12-29-7)23-14-17-26-25-15(2)27(17)6/h16H,8-14H2,1-7H3,(H,24,28)(H2,21,22,23). The Morgan fingerprint density at radius 3 is 2.57 bits per heavy atom. The molecular weight excluding hydrogens is 386 g/mol. The fourth-order valence-corrected chi connectivity index (χ4v) is 2.60. The molecule has 0 bridgehead atoms. The summed E-state index contributed by atoms with van der Waals surface area (Å²) >= 11 is 0. The number of hydrogen-bond acceptors (Lipinski definition) is 6. The largest absolute Gasteiger partial charge is 0.444 e. The molecule has 1 amide bonds. The third-order valence-corrected chi connectivity index (χ3v) is 4.25. The SMILES string of the molecule is CCCC(CNC(=NCc1nnc(C)n1C)NCCCOC)NC(=O)OC(C)(C)C. The monoisotopic (exact) mass is 425 g/mol. The van der Waals surface area contributed by atoms with E-state index in [1.54, 1.807) is 7.11 Å². The molecule has 1 rings (SSSR count). The molecule has 0 fully saturated rings. The number of ether oxygens (including phenoxy) is 2. The Hall–Kier alpha value is -2.36. The van der Waals surface area contributed by atoms with Gasteiger partial charge in [0.25, 0.3) is 0 Å². The summed E-state index contributed by atoms with van der Waals surface area (Å²) in [5.41, 5.74) is -0.530. The Morgan fingerprint density at radius 2 is 2.00 bits per heavy atom. The van der Waals surface area contributed by atoms with Crippen molar-refractivity contribution >= 4 is 12.1 Å². The van der Waals surface area contributed by atoms with Crippen LogP contribution in [0.1, 0.15) is 58.6 Å². The molecule has 0 aromatic carbocycles. The highest BCUT2D eigenvalue weighted by atomic mass is 16.6. The van der Waals surface area contributed by atoms with Gasteiger partial charge in [-0.05, 0) is 40.5 Å². The summed E-state index contributed by atoms with van der Waals surface area (Å²) in [7, 11) is 3.60. The molecule has 1 atom stereocenters. The van der Waals surface area contributed by atoms with E-state index in [0.29, 0.717) is 25.7 Å². The zero-order chi connectivity index (χ0) is 22.6. The van der Waals surface area contributed by atoms with Crippen LogP contribution in [0.15, 0.2) is 4.99 Å². The number of methoxy groups -OCH3 is 1. The van der Waals surface area contributed by atoms with Gasteiger partial charge >= 0.3 is 6.09 Å². The van der Waals surface area contributed by atoms with E-state index >= 15 is 0 Å². The van der Waals surface area contributed by atoms with Gasteiger partial charge in [-0.1, -0.05) is 13.3 Å². The number of aryl methyl sites for hydroxylation is 1. The third kappa shape index (κ3) is 10.4. The summed E-state index contributed by atoms with van der Waals surface area (Å²) in [4.78, 5) is 16.8. The second kappa shape index (κ2) is 13.0. The first-order valence-electron chi connectivity index (χ1n) is 10.5. The molecule has 1 unspecified atom stereocenters. The topological polar surface area (TPSA) is 115 Å². The number of amides is 1. The van der Waals surface area contributed by atoms with Crippen molar-refractivity contribution in [2.75, 3.05) is 26.8 Å². The van der Waals surface area contributed by atoms with Crippen molar-refractivity contribution in [3.63, 3.8) is 0 Å². The summed E-state index contributed by atoms with van der Waals surface area (Å²) in [5, 5.41) is 17.8. The van der Waals surface area contributed by atoms with Crippen molar-refractivity contribution in [2.45, 2.75) is 72.1 Å². The van der Waals surface area contributed by atoms with Crippen molar-refractivity contribution < 1.29 is 14.3 Å². The fourth-order valence-electron chi connectivity index (χ4n) is 2.60. The third-order valence-electron chi connectivity index (χ3n) is 4.25. The van der Waals surface area contributed by atoms with E-state index in [2.05, 4.69) is 38.1 Å². The molecule has 3 N–H and O–H groups in total. The van der Waals surface area contributed by atoms with Crippen molar-refractivity contribution in [3.8, 4) is 0 Å². The highest BCUT2D eigenvalue weighted by Gasteiger charge is 2.19. The summed E-state index contributed by atoms with van der Waals surface area (Å²) in [5.74, 6) is 2.27. The molecule has 30 heavy (non-hydrogen) atoms. The number of carbonyl (C=O) groups excluding carboxylic acids is 1. The fraction of sp³-hybridized carbons (Fsp3) is 0.800. The Balaban J connectivity index is 2.72. The van der Waals surface area contributed by atoms with E-state index in [9.17, 15) is 4.79 Å². The van der Waals surface area contributed by atoms with Crippen LogP contribution in [-0.4, -0.2) is 65.3 Å². The van der Waals surface area contributed by atoms with Gasteiger partial charge in [-0.3, -0.25) is 0 Å². The van der Waals surface area contributed by atoms with Gasteiger partial charge in [0.1, 0.15) is 18.0 Å². The zero-order valence-electron chi connectivity index (χ0n) is 19.5. The van der Waals surface area contributed by atoms with Gasteiger partial charge in [0.2, 0.25) is 0 Å². The van der Waals surface area contributed by atoms with Crippen LogP contribution in [0.5, 0.6) is 0 Å². The Kier molecular flexibility index (Phi) is 11.2. The van der Waals surface area contributed by atoms with Gasteiger partial charge in [-0.25, -0.2) is 9.79 Å². The van der Waals surface area contributed by atoms with Gasteiger partial charge in [0.05, 0.1) is 0 Å². The molecule has 0 radical (unpaired) electrons. The maximum absolute atomic E-state index is 12.1. The highest BCUT2D eigenvalue weighted by Crippen LogP contribution is 2.07. The first-order valence-corrected chi connectivity index (χ1v) is 10.5. The Morgan fingerprint density at radius 1 is 1.27 bits per heavy atom. The zero-order valence-corrected chi connectivity index (χ0v) is 19.5. The van der Waals surface area contributed by atoms with E-state index in [1.807, 2.05) is 39.3 Å². The van der Waals surface area contributed by atoms with Crippen LogP contribution < -0.4 is 16.0 Å². The quantitative estimate of drug-likeness (QED) is 0.282. The minimum atomic E-state index is -0.530. The van der Waals surface area contributed by atoms with E-state index in [0.717, 1.165) is 37.5 Å². The molecule has 1 aromatic heterocycles. The number of aliphatic imine (C=N–C) groups is 1. The summed E-state index contributed by atoms with van der Waals surface area (Å²) < 4.78 is 12.4. The molecule has 0 spiro atoms. The van der Waals surface area contributed by atoms with Crippen LogP contribution >= 0.6 is 0 Å². The Bertz CT molecular complexity index is 668. The average Bonchev–Trinajstić information content (AvgIpc) is 2.97. The van der Waals surface area contributed by atoms with Gasteiger partial charge in [0.15, 0.2) is 11.8 Å². The molecule has 0 aliphatic carbocycles. The lowest BCUT2D eigenvalue weighted by molar-refractivity contribution is 0.0502. The molecule has 10 nitrogen and oxygen atoms in total. The molecular formula is C20H39N7O3. The molecule has 1 heterocycles. The number of nitrogens with one attached hydrogen (secondary N) is 3. The van der Waals surface area contributed by atoms with Gasteiger partial charge in [-0.15, -0.1) is 10.2 Å². The molecule has 0 aliphatic heterocycles. The van der Waals surface area contributed by atoms with E-state index in [1.165, 1.54) is 0 Å². The lowest BCUT2D eigenvalue weighted by Gasteiger charge is -2.24. The minimum absolute atomic E-state index is 0.0760. The molecule has 0 aliphatic rings. The number of alkyl carbamates (subject to hydrolysis) is 1. The first kappa shape index (κ1) is 25.7. The number of hydrogen-bond donors (Lipinski definition) is 3. The maximum Gasteiger partial charge on any atom is 0.407 e. The maximum atomic E-state index is 12.1. The van der Waals surface area contributed by atoms with Crippen LogP contribution in [-0.2, 0) is 23.1 Å². The van der Waals surface area contributed by atoms with Crippen LogP contribution in [0.25, 0.3) is 0 Å². The number of aromatic nitrogens is 3. The molecule has 172 valence electrons. The molecule has 0 saturated heterocycles. The second-order valence-corrected chi connectivity index (χ2v) is 8.17. The molecule has 0 saturated carbocycles. The predicted molar refractivity (Wildman–Crippen MR) is 117 cm³/mol. The molecule has 10 heteroatoms. The number of rotatable bonds is 11. The lowest BCUT2D eigenvalue weighted by Crippen LogP contribution is -2.48. The van der Waals surface area contributed by atoms with Crippen molar-refractivity contribution in [1.82, 2.24) is 30.7 Å². The average molecular weight is 426 g/mol. The highest BCUT2D eigenvalue weighted by molar-refractivity contribution is 5.79. The van der Waals surface area contributed by atoms with Gasteiger partial charge in [-0.2, -0.15) is 0 Å². The van der Waals surface area contributed by atoms with E-state index < -0.39 is 11.7 Å². The van der Waals surface area contributed by atoms with Crippen LogP contribution in [0.4, 0.5) is 4.79 Å². The minimum Gasteiger partial charge on any atom is -0.444 e. The van der Waals surface area contributed by atoms with Gasteiger partial charge < -0.3 is 30.0 Å². The lowest BCUT2D eigenvalue weighted by atomic mass is 10.1. The molecule has 1 aromatic rings. The van der Waals surface area contributed by atoms with Crippen molar-refractivity contribution in [1.29, 1.82) is 0 Å². The normalized spacial score (nSPS) is 13.1. The summed E-state index contributed by atoms with van der Waals surface area (Å²) in [6, 6.07) is -0.0760. The smallest absolute Gasteiger partial charge is 0.407 e. The predicted octanol–water partition coefficient (Wildman–Crippen LogP) is 1.89. The first-order chi connectivity index (χ1) is 14.2. The van der Waals surface area contributed by atoms with Crippen molar-refractivity contribution in [2.24, 2.45) is 12.0 Å². The van der Waals surface area contributed by atoms with Crippen LogP contribution in [0, 0.1) is 6.92 Å². The summed E-state index contributed by atoms with van der Waals surface area (Å²) in [6.07, 6.45) is 2.21. The summed E-state index contributed by atoms with van der Waals surface area (Å²) in [6.45, 7) is 11.8. The van der Waals surface area contributed by atoms with Crippen molar-refractivity contribution in [3.05, 3.63) is 11.6 Å². The number of nitrogens with zero attached hydrogens (tertiary/aromatic N) is 4. The second-order valence-electron chi connectivity index (χ2n) is 8.17. The van der Waals surface area contributed by atoms with E-state index in [4.69, 9.17) is 9.47 Å². The van der Waals surface area contributed by atoms with Gasteiger partial charge in [0, 0.05) is 39.9 Å². The van der Waals surface area contributed by atoms with E-state index in [-0.39, 0.29) is 6.04 Å². The van der Waals surface area contributed by atoms with Crippen LogP contribution in [0.2, 0.25) is 0 Å². The Labute approximate surface area is 180 Å².